The Kier molecular flexibility index (Phi) is 4.28. The van der Waals surface area contributed by atoms with E-state index in [4.69, 9.17) is 9.47 Å². The largest absolute Gasteiger partial charge is 0.455 e. The van der Waals surface area contributed by atoms with Crippen LogP contribution in [0.2, 0.25) is 0 Å². The molecule has 2 aliphatic heterocycles. The lowest BCUT2D eigenvalue weighted by atomic mass is 9.87. The van der Waals surface area contributed by atoms with Crippen LogP contribution in [0.25, 0.3) is 43.6 Å². The van der Waals surface area contributed by atoms with E-state index >= 15 is 0 Å². The molecule has 0 spiro atoms. The summed E-state index contributed by atoms with van der Waals surface area (Å²) in [6.45, 7) is 6.14. The summed E-state index contributed by atoms with van der Waals surface area (Å²) >= 11 is 0. The predicted octanol–water partition coefficient (Wildman–Crippen LogP) is 7.25. The standard InChI is InChI=1S/C31H28NO2/c1-18-23-6-4-5-7-24(23)19(2)31-28(18)30-29-26(10-13-32(30)3)25-9-8-21(20-11-14-33-15-12-20)16-22(25)17-27(29)34-31/h4-10,13,16-17,20H,11-12,14-15H2,1-3H3/q+1. The number of fused-ring (bicyclic) bond motifs is 5. The fourth-order valence-electron chi connectivity index (χ4n) is 6.22. The summed E-state index contributed by atoms with van der Waals surface area (Å²) in [5.41, 5.74) is 6.36. The quantitative estimate of drug-likeness (QED) is 0.196. The zero-order valence-corrected chi connectivity index (χ0v) is 19.9. The average Bonchev–Trinajstić information content (AvgIpc) is 2.88. The van der Waals surface area contributed by atoms with E-state index in [9.17, 15) is 0 Å². The van der Waals surface area contributed by atoms with Crippen LogP contribution in [0.5, 0.6) is 11.5 Å². The molecule has 0 atom stereocenters. The Labute approximate surface area is 199 Å². The topological polar surface area (TPSA) is 22.3 Å². The first-order chi connectivity index (χ1) is 16.6. The number of aryl methyl sites for hydroxylation is 3. The van der Waals surface area contributed by atoms with Crippen LogP contribution in [0, 0.1) is 13.8 Å². The van der Waals surface area contributed by atoms with Gasteiger partial charge in [0.2, 0.25) is 5.69 Å². The van der Waals surface area contributed by atoms with Crippen LogP contribution in [-0.4, -0.2) is 13.2 Å². The highest BCUT2D eigenvalue weighted by molar-refractivity contribution is 6.16. The lowest BCUT2D eigenvalue weighted by molar-refractivity contribution is -0.659. The van der Waals surface area contributed by atoms with Crippen molar-refractivity contribution in [2.45, 2.75) is 32.6 Å². The Morgan fingerprint density at radius 2 is 1.59 bits per heavy atom. The normalized spacial score (nSPS) is 15.6. The molecule has 5 aromatic rings. The van der Waals surface area contributed by atoms with E-state index in [1.165, 1.54) is 60.3 Å². The highest BCUT2D eigenvalue weighted by atomic mass is 16.5. The third-order valence-corrected chi connectivity index (χ3v) is 8.04. The van der Waals surface area contributed by atoms with Crippen molar-refractivity contribution >= 4 is 32.3 Å². The molecular weight excluding hydrogens is 418 g/mol. The first-order valence-corrected chi connectivity index (χ1v) is 12.3. The monoisotopic (exact) mass is 446 g/mol. The molecule has 0 saturated carbocycles. The summed E-state index contributed by atoms with van der Waals surface area (Å²) < 4.78 is 14.6. The zero-order chi connectivity index (χ0) is 23.0. The molecule has 1 fully saturated rings. The van der Waals surface area contributed by atoms with Crippen LogP contribution in [-0.2, 0) is 11.8 Å². The van der Waals surface area contributed by atoms with Gasteiger partial charge < -0.3 is 9.47 Å². The van der Waals surface area contributed by atoms with Crippen LogP contribution in [0.4, 0.5) is 0 Å². The van der Waals surface area contributed by atoms with E-state index < -0.39 is 0 Å². The van der Waals surface area contributed by atoms with E-state index in [1.54, 1.807) is 0 Å². The highest BCUT2D eigenvalue weighted by Gasteiger charge is 2.32. The molecule has 0 unspecified atom stereocenters. The predicted molar refractivity (Wildman–Crippen MR) is 138 cm³/mol. The van der Waals surface area contributed by atoms with Crippen LogP contribution in [0.1, 0.15) is 35.4 Å². The minimum atomic E-state index is 0.576. The van der Waals surface area contributed by atoms with E-state index in [1.807, 2.05) is 0 Å². The van der Waals surface area contributed by atoms with Gasteiger partial charge >= 0.3 is 0 Å². The van der Waals surface area contributed by atoms with Gasteiger partial charge in [0.15, 0.2) is 6.20 Å². The van der Waals surface area contributed by atoms with E-state index in [2.05, 4.69) is 86.3 Å². The lowest BCUT2D eigenvalue weighted by Gasteiger charge is -2.25. The van der Waals surface area contributed by atoms with Crippen LogP contribution >= 0.6 is 0 Å². The van der Waals surface area contributed by atoms with Crippen LogP contribution < -0.4 is 9.30 Å². The molecule has 1 saturated heterocycles. The molecule has 168 valence electrons. The van der Waals surface area contributed by atoms with Gasteiger partial charge in [-0.3, -0.25) is 0 Å². The molecule has 0 aliphatic carbocycles. The fraction of sp³-hybridized carbons (Fsp3) is 0.258. The molecular formula is C31H28NO2+. The summed E-state index contributed by atoms with van der Waals surface area (Å²) in [5.74, 6) is 2.53. The van der Waals surface area contributed by atoms with Crippen molar-refractivity contribution in [3.63, 3.8) is 0 Å². The van der Waals surface area contributed by atoms with Gasteiger partial charge in [-0.05, 0) is 71.3 Å². The van der Waals surface area contributed by atoms with E-state index in [0.717, 1.165) is 37.6 Å². The summed E-state index contributed by atoms with van der Waals surface area (Å²) in [6, 6.07) is 20.2. The van der Waals surface area contributed by atoms with Gasteiger partial charge in [-0.2, -0.15) is 0 Å². The second kappa shape index (κ2) is 7.28. The van der Waals surface area contributed by atoms with Gasteiger partial charge in [0.05, 0.1) is 10.9 Å². The third kappa shape index (κ3) is 2.71. The molecule has 0 amide bonds. The molecule has 0 bridgehead atoms. The van der Waals surface area contributed by atoms with Crippen molar-refractivity contribution in [1.29, 1.82) is 0 Å². The van der Waals surface area contributed by atoms with Crippen LogP contribution in [0.15, 0.2) is 60.8 Å². The van der Waals surface area contributed by atoms with E-state index in [0.29, 0.717) is 5.92 Å². The molecule has 3 heterocycles. The molecule has 2 aliphatic rings. The van der Waals surface area contributed by atoms with Crippen molar-refractivity contribution in [3.05, 3.63) is 77.5 Å². The minimum Gasteiger partial charge on any atom is -0.455 e. The Balaban J connectivity index is 1.55. The Hall–Kier alpha value is -3.43. The maximum absolute atomic E-state index is 6.78. The summed E-state index contributed by atoms with van der Waals surface area (Å²) in [4.78, 5) is 0. The van der Waals surface area contributed by atoms with Gasteiger partial charge in [-0.25, -0.2) is 4.57 Å². The van der Waals surface area contributed by atoms with Crippen molar-refractivity contribution in [3.8, 4) is 22.8 Å². The molecule has 34 heavy (non-hydrogen) atoms. The van der Waals surface area contributed by atoms with Gasteiger partial charge in [0.1, 0.15) is 18.5 Å². The molecule has 3 nitrogen and oxygen atoms in total. The fourth-order valence-corrected chi connectivity index (χ4v) is 6.22. The summed E-state index contributed by atoms with van der Waals surface area (Å²) in [5, 5.41) is 7.57. The molecule has 0 N–H and O–H groups in total. The van der Waals surface area contributed by atoms with Gasteiger partial charge in [-0.15, -0.1) is 0 Å². The zero-order valence-electron chi connectivity index (χ0n) is 19.9. The number of ether oxygens (including phenoxy) is 2. The average molecular weight is 447 g/mol. The molecule has 1 aromatic heterocycles. The van der Waals surface area contributed by atoms with Gasteiger partial charge in [0, 0.05) is 30.2 Å². The van der Waals surface area contributed by atoms with Gasteiger partial charge in [-0.1, -0.05) is 42.5 Å². The molecule has 4 aromatic carbocycles. The number of hydrogen-bond donors (Lipinski definition) is 0. The Bertz CT molecular complexity index is 1640. The first-order valence-electron chi connectivity index (χ1n) is 12.3. The second-order valence-electron chi connectivity index (χ2n) is 9.91. The number of pyridine rings is 1. The first kappa shape index (κ1) is 20.0. The minimum absolute atomic E-state index is 0.576. The molecule has 7 rings (SSSR count). The van der Waals surface area contributed by atoms with Crippen molar-refractivity contribution in [1.82, 2.24) is 0 Å². The number of rotatable bonds is 1. The van der Waals surface area contributed by atoms with Crippen LogP contribution in [0.3, 0.4) is 0 Å². The smallest absolute Gasteiger partial charge is 0.228 e. The number of hydrogen-bond acceptors (Lipinski definition) is 2. The Morgan fingerprint density at radius 3 is 2.38 bits per heavy atom. The number of nitrogens with zero attached hydrogens (tertiary/aromatic N) is 1. The summed E-state index contributed by atoms with van der Waals surface area (Å²) in [6.07, 6.45) is 4.40. The van der Waals surface area contributed by atoms with Crippen molar-refractivity contribution in [2.24, 2.45) is 7.05 Å². The SMILES string of the molecule is Cc1c2c(c(C)c3ccccc13)-c1c3c(cc4cc(C5CCOCC5)ccc4c3cc[n+]1C)O2. The lowest BCUT2D eigenvalue weighted by Crippen LogP contribution is -2.32. The highest BCUT2D eigenvalue weighted by Crippen LogP contribution is 2.51. The molecule has 3 heteroatoms. The van der Waals surface area contributed by atoms with E-state index in [-0.39, 0.29) is 0 Å². The third-order valence-electron chi connectivity index (χ3n) is 8.04. The van der Waals surface area contributed by atoms with Crippen molar-refractivity contribution in [2.75, 3.05) is 13.2 Å². The van der Waals surface area contributed by atoms with Gasteiger partial charge in [0.25, 0.3) is 0 Å². The summed E-state index contributed by atoms with van der Waals surface area (Å²) in [7, 11) is 2.15. The number of benzene rings is 4. The number of aromatic nitrogens is 1. The maximum Gasteiger partial charge on any atom is 0.228 e. The molecule has 0 radical (unpaired) electrons. The maximum atomic E-state index is 6.78. The van der Waals surface area contributed by atoms with Crippen molar-refractivity contribution < 1.29 is 14.0 Å². The second-order valence-corrected chi connectivity index (χ2v) is 9.91. The Morgan fingerprint density at radius 1 is 0.824 bits per heavy atom.